The Kier molecular flexibility index (Phi) is 6.35. The molecule has 1 aromatic carbocycles. The summed E-state index contributed by atoms with van der Waals surface area (Å²) < 4.78 is 37.3. The molecule has 0 saturated carbocycles. The maximum Gasteiger partial charge on any atom is 0.446 e. The summed E-state index contributed by atoms with van der Waals surface area (Å²) in [7, 11) is 0. The molecule has 1 rings (SSSR count). The lowest BCUT2D eigenvalue weighted by atomic mass is 10.0. The van der Waals surface area contributed by atoms with Crippen LogP contribution in [0.4, 0.5) is 18.9 Å². The van der Waals surface area contributed by atoms with Gasteiger partial charge in [0, 0.05) is 11.4 Å². The normalized spacial score (nSPS) is 13.1. The first-order valence-electron chi connectivity index (χ1n) is 6.23. The summed E-state index contributed by atoms with van der Waals surface area (Å²) in [6.07, 6.45) is 1.39. The molecule has 0 aliphatic rings. The van der Waals surface area contributed by atoms with Gasteiger partial charge in [0.25, 0.3) is 0 Å². The van der Waals surface area contributed by atoms with Gasteiger partial charge in [-0.2, -0.15) is 13.2 Å². The summed E-state index contributed by atoms with van der Waals surface area (Å²) >= 11 is -0.244. The summed E-state index contributed by atoms with van der Waals surface area (Å²) in [4.78, 5) is 11.9. The van der Waals surface area contributed by atoms with Crippen molar-refractivity contribution in [2.75, 3.05) is 11.9 Å². The molecule has 0 aliphatic carbocycles. The Hall–Kier alpha value is -1.21. The van der Waals surface area contributed by atoms with Gasteiger partial charge in [0.1, 0.15) is 0 Å². The van der Waals surface area contributed by atoms with Crippen molar-refractivity contribution in [2.24, 2.45) is 11.7 Å². The molecule has 3 N–H and O–H groups in total. The van der Waals surface area contributed by atoms with E-state index in [1.54, 1.807) is 6.07 Å². The summed E-state index contributed by atoms with van der Waals surface area (Å²) in [5.41, 5.74) is 1.28. The van der Waals surface area contributed by atoms with Crippen LogP contribution in [0.15, 0.2) is 29.2 Å². The van der Waals surface area contributed by atoms with Crippen LogP contribution in [0.3, 0.4) is 0 Å². The van der Waals surface area contributed by atoms with Crippen molar-refractivity contribution in [1.29, 1.82) is 0 Å². The van der Waals surface area contributed by atoms with Crippen LogP contribution in [-0.4, -0.2) is 18.0 Å². The summed E-state index contributed by atoms with van der Waals surface area (Å²) in [6, 6.07) is 5.85. The van der Waals surface area contributed by atoms with Gasteiger partial charge in [-0.25, -0.2) is 0 Å². The standard InChI is InChI=1S/C13H17F3N2OS/c1-2-5-9(8-17)12(19)18-10-6-3-4-7-11(10)20-13(14,15)16/h3-4,6-7,9H,2,5,8,17H2,1H3,(H,18,19). The predicted octanol–water partition coefficient (Wildman–Crippen LogP) is 3.61. The SMILES string of the molecule is CCCC(CN)C(=O)Nc1ccccc1SC(F)(F)F. The van der Waals surface area contributed by atoms with E-state index in [1.165, 1.54) is 18.2 Å². The molecule has 0 radical (unpaired) electrons. The zero-order chi connectivity index (χ0) is 15.2. The topological polar surface area (TPSA) is 55.1 Å². The number of para-hydroxylation sites is 1. The van der Waals surface area contributed by atoms with Crippen molar-refractivity contribution in [3.8, 4) is 0 Å². The first-order valence-corrected chi connectivity index (χ1v) is 7.04. The Bertz CT molecular complexity index is 451. The average molecular weight is 306 g/mol. The van der Waals surface area contributed by atoms with Gasteiger partial charge in [-0.05, 0) is 30.3 Å². The highest BCUT2D eigenvalue weighted by molar-refractivity contribution is 8.00. The smallest absolute Gasteiger partial charge is 0.330 e. The van der Waals surface area contributed by atoms with Crippen LogP contribution in [0, 0.1) is 5.92 Å². The summed E-state index contributed by atoms with van der Waals surface area (Å²) in [6.45, 7) is 2.09. The fourth-order valence-corrected chi connectivity index (χ4v) is 2.35. The lowest BCUT2D eigenvalue weighted by molar-refractivity contribution is -0.119. The van der Waals surface area contributed by atoms with Crippen molar-refractivity contribution in [2.45, 2.75) is 30.2 Å². The number of halogens is 3. The van der Waals surface area contributed by atoms with Gasteiger partial charge < -0.3 is 11.1 Å². The monoisotopic (exact) mass is 306 g/mol. The zero-order valence-electron chi connectivity index (χ0n) is 11.0. The maximum absolute atomic E-state index is 12.4. The van der Waals surface area contributed by atoms with Crippen molar-refractivity contribution in [1.82, 2.24) is 0 Å². The van der Waals surface area contributed by atoms with E-state index >= 15 is 0 Å². The van der Waals surface area contributed by atoms with Crippen LogP contribution < -0.4 is 11.1 Å². The largest absolute Gasteiger partial charge is 0.446 e. The number of hydrogen-bond donors (Lipinski definition) is 2. The van der Waals surface area contributed by atoms with Gasteiger partial charge in [0.2, 0.25) is 5.91 Å². The Morgan fingerprint density at radius 3 is 2.60 bits per heavy atom. The number of amides is 1. The molecule has 1 amide bonds. The fourth-order valence-electron chi connectivity index (χ4n) is 1.72. The van der Waals surface area contributed by atoms with E-state index in [1.807, 2.05) is 6.92 Å². The Balaban J connectivity index is 2.84. The highest BCUT2D eigenvalue weighted by Gasteiger charge is 2.30. The number of rotatable bonds is 6. The van der Waals surface area contributed by atoms with Crippen LogP contribution in [0.25, 0.3) is 0 Å². The number of carbonyl (C=O) groups excluding carboxylic acids is 1. The molecule has 3 nitrogen and oxygen atoms in total. The number of carbonyl (C=O) groups is 1. The number of hydrogen-bond acceptors (Lipinski definition) is 3. The Morgan fingerprint density at radius 2 is 2.05 bits per heavy atom. The molecule has 0 saturated heterocycles. The van der Waals surface area contributed by atoms with E-state index in [-0.39, 0.29) is 40.7 Å². The zero-order valence-corrected chi connectivity index (χ0v) is 11.9. The third-order valence-electron chi connectivity index (χ3n) is 2.66. The van der Waals surface area contributed by atoms with Gasteiger partial charge in [-0.15, -0.1) is 0 Å². The molecule has 1 aromatic rings. The summed E-state index contributed by atoms with van der Waals surface area (Å²) in [5.74, 6) is -0.728. The highest BCUT2D eigenvalue weighted by atomic mass is 32.2. The minimum absolute atomic E-state index is 0.0272. The second kappa shape index (κ2) is 7.54. The van der Waals surface area contributed by atoms with Gasteiger partial charge in [0.05, 0.1) is 11.6 Å². The lowest BCUT2D eigenvalue weighted by Crippen LogP contribution is -2.29. The van der Waals surface area contributed by atoms with Crippen LogP contribution in [0.2, 0.25) is 0 Å². The van der Waals surface area contributed by atoms with E-state index in [2.05, 4.69) is 5.32 Å². The first kappa shape index (κ1) is 16.8. The molecular formula is C13H17F3N2OS. The van der Waals surface area contributed by atoms with Crippen molar-refractivity contribution in [3.63, 3.8) is 0 Å². The fraction of sp³-hybridized carbons (Fsp3) is 0.462. The minimum atomic E-state index is -4.39. The quantitative estimate of drug-likeness (QED) is 0.789. The molecule has 0 fully saturated rings. The van der Waals surface area contributed by atoms with Crippen molar-refractivity contribution in [3.05, 3.63) is 24.3 Å². The Labute approximate surface area is 120 Å². The van der Waals surface area contributed by atoms with Gasteiger partial charge in [0.15, 0.2) is 0 Å². The average Bonchev–Trinajstić information content (AvgIpc) is 2.36. The van der Waals surface area contributed by atoms with Crippen LogP contribution in [0.1, 0.15) is 19.8 Å². The van der Waals surface area contributed by atoms with Crippen molar-refractivity contribution < 1.29 is 18.0 Å². The van der Waals surface area contributed by atoms with E-state index in [4.69, 9.17) is 5.73 Å². The molecule has 7 heteroatoms. The predicted molar refractivity (Wildman–Crippen MR) is 74.4 cm³/mol. The van der Waals surface area contributed by atoms with Gasteiger partial charge in [-0.1, -0.05) is 25.5 Å². The first-order chi connectivity index (χ1) is 9.37. The molecule has 112 valence electrons. The van der Waals surface area contributed by atoms with E-state index in [0.717, 1.165) is 6.42 Å². The van der Waals surface area contributed by atoms with Crippen LogP contribution >= 0.6 is 11.8 Å². The third kappa shape index (κ3) is 5.42. The Morgan fingerprint density at radius 1 is 1.40 bits per heavy atom. The van der Waals surface area contributed by atoms with Crippen LogP contribution in [0.5, 0.6) is 0 Å². The van der Waals surface area contributed by atoms with Crippen molar-refractivity contribution >= 4 is 23.4 Å². The number of alkyl halides is 3. The maximum atomic E-state index is 12.4. The number of nitrogens with one attached hydrogen (secondary N) is 1. The molecule has 0 spiro atoms. The third-order valence-corrected chi connectivity index (χ3v) is 3.47. The second-order valence-electron chi connectivity index (χ2n) is 4.25. The van der Waals surface area contributed by atoms with Gasteiger partial charge in [-0.3, -0.25) is 4.79 Å². The molecule has 0 bridgehead atoms. The molecule has 1 atom stereocenters. The van der Waals surface area contributed by atoms with Gasteiger partial charge >= 0.3 is 5.51 Å². The molecule has 20 heavy (non-hydrogen) atoms. The molecule has 0 aliphatic heterocycles. The van der Waals surface area contributed by atoms with E-state index < -0.39 is 5.51 Å². The number of benzene rings is 1. The second-order valence-corrected chi connectivity index (χ2v) is 5.36. The highest BCUT2D eigenvalue weighted by Crippen LogP contribution is 2.40. The number of anilines is 1. The number of nitrogens with two attached hydrogens (primary N) is 1. The molecule has 0 aromatic heterocycles. The van der Waals surface area contributed by atoms with E-state index in [9.17, 15) is 18.0 Å². The number of thioether (sulfide) groups is 1. The van der Waals surface area contributed by atoms with E-state index in [0.29, 0.717) is 6.42 Å². The lowest BCUT2D eigenvalue weighted by Gasteiger charge is -2.16. The minimum Gasteiger partial charge on any atom is -0.330 e. The molecular weight excluding hydrogens is 289 g/mol. The summed E-state index contributed by atoms with van der Waals surface area (Å²) in [5, 5.41) is 2.53. The van der Waals surface area contributed by atoms with Crippen LogP contribution in [-0.2, 0) is 4.79 Å². The molecule has 0 heterocycles. The molecule has 1 unspecified atom stereocenters.